The van der Waals surface area contributed by atoms with Crippen LogP contribution < -0.4 is 4.74 Å². The van der Waals surface area contributed by atoms with Crippen molar-refractivity contribution in [1.29, 1.82) is 5.26 Å². The number of ether oxygens (including phenoxy) is 1. The van der Waals surface area contributed by atoms with Gasteiger partial charge in [-0.3, -0.25) is 0 Å². The van der Waals surface area contributed by atoms with Crippen LogP contribution in [0.2, 0.25) is 0 Å². The van der Waals surface area contributed by atoms with Crippen LogP contribution in [-0.2, 0) is 0 Å². The molecule has 2 rings (SSSR count). The summed E-state index contributed by atoms with van der Waals surface area (Å²) in [5.41, 5.74) is 1.47. The summed E-state index contributed by atoms with van der Waals surface area (Å²) in [7, 11) is 2.16. The van der Waals surface area contributed by atoms with E-state index in [4.69, 9.17) is 10.00 Å². The molecule has 0 spiro atoms. The fourth-order valence-electron chi connectivity index (χ4n) is 2.41. The second-order valence-electron chi connectivity index (χ2n) is 4.83. The zero-order valence-corrected chi connectivity index (χ0v) is 11.0. The molecule has 1 saturated heterocycles. The average Bonchev–Trinajstić information content (AvgIpc) is 2.75. The number of rotatable bonds is 4. The van der Waals surface area contributed by atoms with Gasteiger partial charge in [-0.2, -0.15) is 5.26 Å². The Morgan fingerprint density at radius 2 is 2.44 bits per heavy atom. The number of nitrogens with zero attached hydrogens (tertiary/aromatic N) is 3. The van der Waals surface area contributed by atoms with Crippen molar-refractivity contribution < 1.29 is 4.74 Å². The van der Waals surface area contributed by atoms with Crippen LogP contribution in [0.3, 0.4) is 0 Å². The van der Waals surface area contributed by atoms with Crippen molar-refractivity contribution in [3.63, 3.8) is 0 Å². The smallest absolute Gasteiger partial charge is 0.231 e. The van der Waals surface area contributed by atoms with Gasteiger partial charge in [0.2, 0.25) is 5.88 Å². The Hall–Kier alpha value is -1.60. The van der Waals surface area contributed by atoms with Crippen molar-refractivity contribution in [2.24, 2.45) is 0 Å². The maximum Gasteiger partial charge on any atom is 0.231 e. The van der Waals surface area contributed by atoms with Gasteiger partial charge in [0.15, 0.2) is 0 Å². The molecule has 96 valence electrons. The van der Waals surface area contributed by atoms with Crippen LogP contribution in [-0.4, -0.2) is 36.1 Å². The highest BCUT2D eigenvalue weighted by Gasteiger charge is 2.20. The van der Waals surface area contributed by atoms with E-state index in [0.29, 0.717) is 24.1 Å². The minimum Gasteiger partial charge on any atom is -0.477 e. The molecule has 0 amide bonds. The van der Waals surface area contributed by atoms with Gasteiger partial charge in [-0.25, -0.2) is 4.98 Å². The number of aromatic nitrogens is 1. The maximum atomic E-state index is 9.07. The standard InChI is InChI=1S/C14H19N3O/c1-11-5-7-16-14(13(11)10-15)18-9-6-12-4-3-8-17(12)2/h5,7,12H,3-4,6,8-9H2,1-2H3. The SMILES string of the molecule is Cc1ccnc(OCCC2CCCN2C)c1C#N. The van der Waals surface area contributed by atoms with Gasteiger partial charge < -0.3 is 9.64 Å². The lowest BCUT2D eigenvalue weighted by atomic mass is 10.1. The summed E-state index contributed by atoms with van der Waals surface area (Å²) < 4.78 is 5.66. The second kappa shape index (κ2) is 5.83. The Balaban J connectivity index is 1.91. The molecule has 1 aliphatic heterocycles. The molecule has 1 aromatic heterocycles. The molecule has 0 N–H and O–H groups in total. The Morgan fingerprint density at radius 3 is 3.11 bits per heavy atom. The van der Waals surface area contributed by atoms with Gasteiger partial charge in [0.05, 0.1) is 6.61 Å². The molecule has 4 nitrogen and oxygen atoms in total. The lowest BCUT2D eigenvalue weighted by molar-refractivity contribution is 0.228. The van der Waals surface area contributed by atoms with Gasteiger partial charge in [0, 0.05) is 12.2 Å². The van der Waals surface area contributed by atoms with Crippen LogP contribution in [0.1, 0.15) is 30.4 Å². The largest absolute Gasteiger partial charge is 0.477 e. The number of pyridine rings is 1. The summed E-state index contributed by atoms with van der Waals surface area (Å²) in [6.45, 7) is 3.70. The van der Waals surface area contributed by atoms with Crippen LogP contribution in [0.15, 0.2) is 12.3 Å². The van der Waals surface area contributed by atoms with Crippen molar-refractivity contribution in [3.05, 3.63) is 23.4 Å². The molecule has 1 atom stereocenters. The van der Waals surface area contributed by atoms with Crippen molar-refractivity contribution in [2.75, 3.05) is 20.2 Å². The van der Waals surface area contributed by atoms with E-state index >= 15 is 0 Å². The molecule has 0 bridgehead atoms. The number of aryl methyl sites for hydroxylation is 1. The van der Waals surface area contributed by atoms with E-state index in [9.17, 15) is 0 Å². The Kier molecular flexibility index (Phi) is 4.16. The fraction of sp³-hybridized carbons (Fsp3) is 0.571. The molecular formula is C14H19N3O. The molecule has 0 aliphatic carbocycles. The Morgan fingerprint density at radius 1 is 1.61 bits per heavy atom. The van der Waals surface area contributed by atoms with Crippen molar-refractivity contribution in [1.82, 2.24) is 9.88 Å². The third-order valence-electron chi connectivity index (χ3n) is 3.60. The first-order chi connectivity index (χ1) is 8.72. The normalized spacial score (nSPS) is 19.7. The highest BCUT2D eigenvalue weighted by molar-refractivity contribution is 5.43. The topological polar surface area (TPSA) is 49.1 Å². The number of likely N-dealkylation sites (tertiary alicyclic amines) is 1. The van der Waals surface area contributed by atoms with Gasteiger partial charge >= 0.3 is 0 Å². The Labute approximate surface area is 108 Å². The summed E-state index contributed by atoms with van der Waals surface area (Å²) in [5, 5.41) is 9.07. The van der Waals surface area contributed by atoms with Gasteiger partial charge in [0.1, 0.15) is 11.6 Å². The van der Waals surface area contributed by atoms with Gasteiger partial charge in [-0.15, -0.1) is 0 Å². The summed E-state index contributed by atoms with van der Waals surface area (Å²) >= 11 is 0. The molecular weight excluding hydrogens is 226 g/mol. The molecule has 2 heterocycles. The van der Waals surface area contributed by atoms with Crippen LogP contribution in [0.5, 0.6) is 5.88 Å². The average molecular weight is 245 g/mol. The van der Waals surface area contributed by atoms with Crippen molar-refractivity contribution in [2.45, 2.75) is 32.2 Å². The zero-order valence-electron chi connectivity index (χ0n) is 11.0. The molecule has 0 radical (unpaired) electrons. The highest BCUT2D eigenvalue weighted by atomic mass is 16.5. The van der Waals surface area contributed by atoms with E-state index in [1.54, 1.807) is 6.20 Å². The minimum atomic E-state index is 0.471. The molecule has 0 aromatic carbocycles. The molecule has 18 heavy (non-hydrogen) atoms. The quantitative estimate of drug-likeness (QED) is 0.815. The first-order valence-electron chi connectivity index (χ1n) is 6.41. The van der Waals surface area contributed by atoms with E-state index in [0.717, 1.165) is 12.0 Å². The summed E-state index contributed by atoms with van der Waals surface area (Å²) in [6, 6.07) is 4.59. The van der Waals surface area contributed by atoms with Crippen LogP contribution >= 0.6 is 0 Å². The van der Waals surface area contributed by atoms with Crippen LogP contribution in [0.25, 0.3) is 0 Å². The molecule has 1 aliphatic rings. The first kappa shape index (κ1) is 12.8. The van der Waals surface area contributed by atoms with Crippen LogP contribution in [0.4, 0.5) is 0 Å². The summed E-state index contributed by atoms with van der Waals surface area (Å²) in [4.78, 5) is 6.51. The molecule has 0 saturated carbocycles. The molecule has 4 heteroatoms. The molecule has 1 aromatic rings. The lowest BCUT2D eigenvalue weighted by Crippen LogP contribution is -2.26. The van der Waals surface area contributed by atoms with E-state index in [2.05, 4.69) is 23.0 Å². The predicted molar refractivity (Wildman–Crippen MR) is 69.5 cm³/mol. The van der Waals surface area contributed by atoms with Gasteiger partial charge in [-0.1, -0.05) is 0 Å². The maximum absolute atomic E-state index is 9.07. The molecule has 1 unspecified atom stereocenters. The fourth-order valence-corrected chi connectivity index (χ4v) is 2.41. The van der Waals surface area contributed by atoms with E-state index < -0.39 is 0 Å². The second-order valence-corrected chi connectivity index (χ2v) is 4.83. The monoisotopic (exact) mass is 245 g/mol. The third kappa shape index (κ3) is 2.80. The summed E-state index contributed by atoms with van der Waals surface area (Å²) in [5.74, 6) is 0.471. The third-order valence-corrected chi connectivity index (χ3v) is 3.60. The minimum absolute atomic E-state index is 0.471. The number of hydrogen-bond acceptors (Lipinski definition) is 4. The lowest BCUT2D eigenvalue weighted by Gasteiger charge is -2.19. The first-order valence-corrected chi connectivity index (χ1v) is 6.41. The zero-order chi connectivity index (χ0) is 13.0. The predicted octanol–water partition coefficient (Wildman–Crippen LogP) is 2.12. The van der Waals surface area contributed by atoms with Crippen molar-refractivity contribution in [3.8, 4) is 11.9 Å². The highest BCUT2D eigenvalue weighted by Crippen LogP contribution is 2.20. The van der Waals surface area contributed by atoms with E-state index in [1.165, 1.54) is 19.4 Å². The van der Waals surface area contributed by atoms with Gasteiger partial charge in [0.25, 0.3) is 0 Å². The van der Waals surface area contributed by atoms with Crippen LogP contribution in [0, 0.1) is 18.3 Å². The number of nitriles is 1. The van der Waals surface area contributed by atoms with Gasteiger partial charge in [-0.05, 0) is 51.4 Å². The van der Waals surface area contributed by atoms with E-state index in [1.807, 2.05) is 13.0 Å². The number of hydrogen-bond donors (Lipinski definition) is 0. The summed E-state index contributed by atoms with van der Waals surface area (Å²) in [6.07, 6.45) is 5.20. The Bertz CT molecular complexity index is 453. The van der Waals surface area contributed by atoms with E-state index in [-0.39, 0.29) is 0 Å². The molecule has 1 fully saturated rings. The van der Waals surface area contributed by atoms with Crippen molar-refractivity contribution >= 4 is 0 Å².